The fraction of sp³-hybridized carbons (Fsp3) is 0.412. The Balaban J connectivity index is 1.75. The zero-order chi connectivity index (χ0) is 16.2. The molecule has 1 aliphatic rings. The van der Waals surface area contributed by atoms with Crippen molar-refractivity contribution in [3.8, 4) is 11.1 Å². The number of nitrogens with zero attached hydrogens (tertiary/aromatic N) is 3. The van der Waals surface area contributed by atoms with Crippen LogP contribution in [-0.4, -0.2) is 46.9 Å². The van der Waals surface area contributed by atoms with Crippen LogP contribution >= 0.6 is 0 Å². The number of carbonyl (C=O) groups excluding carboxylic acids is 1. The average molecular weight is 314 g/mol. The van der Waals surface area contributed by atoms with Crippen LogP contribution in [0.15, 0.2) is 36.7 Å². The maximum absolute atomic E-state index is 11.3. The molecule has 23 heavy (non-hydrogen) atoms. The number of primary amides is 1. The average Bonchev–Trinajstić information content (AvgIpc) is 3.05. The SMILES string of the molecule is CC(C(N)=O)n1cc(-c2cccc(CN3CCOCC3)c2)cn1. The molecule has 1 aromatic heterocycles. The molecule has 0 radical (unpaired) electrons. The van der Waals surface area contributed by atoms with E-state index in [-0.39, 0.29) is 5.91 Å². The lowest BCUT2D eigenvalue weighted by atomic mass is 10.1. The molecule has 6 nitrogen and oxygen atoms in total. The first kappa shape index (κ1) is 15.7. The first-order chi connectivity index (χ1) is 11.1. The minimum absolute atomic E-state index is 0.388. The molecule has 0 spiro atoms. The van der Waals surface area contributed by atoms with E-state index in [1.165, 1.54) is 5.56 Å². The van der Waals surface area contributed by atoms with Crippen molar-refractivity contribution < 1.29 is 9.53 Å². The molecule has 122 valence electrons. The van der Waals surface area contributed by atoms with Crippen LogP contribution < -0.4 is 5.73 Å². The molecule has 2 N–H and O–H groups in total. The van der Waals surface area contributed by atoms with Gasteiger partial charge in [0, 0.05) is 31.4 Å². The fourth-order valence-corrected chi connectivity index (χ4v) is 2.70. The largest absolute Gasteiger partial charge is 0.379 e. The van der Waals surface area contributed by atoms with E-state index in [1.807, 2.05) is 6.20 Å². The number of nitrogens with two attached hydrogens (primary N) is 1. The van der Waals surface area contributed by atoms with Crippen LogP contribution in [0.3, 0.4) is 0 Å². The van der Waals surface area contributed by atoms with Crippen LogP contribution in [0.2, 0.25) is 0 Å². The second-order valence-electron chi connectivity index (χ2n) is 5.88. The Morgan fingerprint density at radius 2 is 2.13 bits per heavy atom. The van der Waals surface area contributed by atoms with Gasteiger partial charge in [0.1, 0.15) is 6.04 Å². The minimum Gasteiger partial charge on any atom is -0.379 e. The smallest absolute Gasteiger partial charge is 0.241 e. The summed E-state index contributed by atoms with van der Waals surface area (Å²) < 4.78 is 6.99. The molecule has 0 saturated carbocycles. The summed E-state index contributed by atoms with van der Waals surface area (Å²) in [6.45, 7) is 6.21. The van der Waals surface area contributed by atoms with Gasteiger partial charge in [0.15, 0.2) is 0 Å². The van der Waals surface area contributed by atoms with E-state index in [1.54, 1.807) is 17.8 Å². The highest BCUT2D eigenvalue weighted by Crippen LogP contribution is 2.22. The summed E-state index contributed by atoms with van der Waals surface area (Å²) in [5.74, 6) is -0.388. The zero-order valence-electron chi connectivity index (χ0n) is 13.3. The lowest BCUT2D eigenvalue weighted by molar-refractivity contribution is -0.120. The summed E-state index contributed by atoms with van der Waals surface area (Å²) in [5, 5.41) is 4.25. The lowest BCUT2D eigenvalue weighted by Crippen LogP contribution is -2.35. The lowest BCUT2D eigenvalue weighted by Gasteiger charge is -2.26. The van der Waals surface area contributed by atoms with Gasteiger partial charge < -0.3 is 10.5 Å². The standard InChI is InChI=1S/C17H22N4O2/c1-13(17(18)22)21-12-16(10-19-21)15-4-2-3-14(9-15)11-20-5-7-23-8-6-20/h2-4,9-10,12-13H,5-8,11H2,1H3,(H2,18,22). The van der Waals surface area contributed by atoms with Crippen LogP contribution in [-0.2, 0) is 16.1 Å². The molecule has 0 bridgehead atoms. The van der Waals surface area contributed by atoms with Crippen molar-refractivity contribution in [1.29, 1.82) is 0 Å². The highest BCUT2D eigenvalue weighted by Gasteiger charge is 2.14. The van der Waals surface area contributed by atoms with E-state index in [0.717, 1.165) is 44.0 Å². The Labute approximate surface area is 135 Å². The summed E-state index contributed by atoms with van der Waals surface area (Å²) in [6, 6.07) is 7.97. The van der Waals surface area contributed by atoms with Gasteiger partial charge in [-0.05, 0) is 24.1 Å². The van der Waals surface area contributed by atoms with Crippen molar-refractivity contribution in [3.05, 3.63) is 42.2 Å². The van der Waals surface area contributed by atoms with Gasteiger partial charge in [-0.2, -0.15) is 5.10 Å². The number of rotatable bonds is 5. The summed E-state index contributed by atoms with van der Waals surface area (Å²) in [7, 11) is 0. The molecule has 1 saturated heterocycles. The van der Waals surface area contributed by atoms with E-state index in [0.29, 0.717) is 0 Å². The summed E-state index contributed by atoms with van der Waals surface area (Å²) in [5.41, 5.74) is 8.68. The monoisotopic (exact) mass is 314 g/mol. The number of amides is 1. The van der Waals surface area contributed by atoms with Gasteiger partial charge in [-0.3, -0.25) is 14.4 Å². The van der Waals surface area contributed by atoms with Crippen LogP contribution in [0.4, 0.5) is 0 Å². The van der Waals surface area contributed by atoms with Gasteiger partial charge in [0.25, 0.3) is 0 Å². The number of carbonyl (C=O) groups is 1. The van der Waals surface area contributed by atoms with Crippen LogP contribution in [0.5, 0.6) is 0 Å². The third-order valence-electron chi connectivity index (χ3n) is 4.18. The van der Waals surface area contributed by atoms with Gasteiger partial charge >= 0.3 is 0 Å². The normalized spacial score (nSPS) is 17.1. The molecule has 2 aromatic rings. The predicted octanol–water partition coefficient (Wildman–Crippen LogP) is 1.43. The minimum atomic E-state index is -0.444. The van der Waals surface area contributed by atoms with Gasteiger partial charge in [0.2, 0.25) is 5.91 Å². The number of hydrogen-bond acceptors (Lipinski definition) is 4. The molecule has 1 fully saturated rings. The van der Waals surface area contributed by atoms with Crippen molar-refractivity contribution >= 4 is 5.91 Å². The molecule has 1 unspecified atom stereocenters. The number of ether oxygens (including phenoxy) is 1. The second kappa shape index (κ2) is 6.93. The second-order valence-corrected chi connectivity index (χ2v) is 5.88. The van der Waals surface area contributed by atoms with E-state index < -0.39 is 6.04 Å². The maximum Gasteiger partial charge on any atom is 0.241 e. The van der Waals surface area contributed by atoms with Crippen molar-refractivity contribution in [2.45, 2.75) is 19.5 Å². The highest BCUT2D eigenvalue weighted by atomic mass is 16.5. The first-order valence-corrected chi connectivity index (χ1v) is 7.86. The summed E-state index contributed by atoms with van der Waals surface area (Å²) in [4.78, 5) is 13.7. The number of benzene rings is 1. The van der Waals surface area contributed by atoms with E-state index in [4.69, 9.17) is 10.5 Å². The molecule has 0 aliphatic carbocycles. The third kappa shape index (κ3) is 3.78. The molecule has 1 aromatic carbocycles. The molecule has 6 heteroatoms. The van der Waals surface area contributed by atoms with Crippen LogP contribution in [0.1, 0.15) is 18.5 Å². The Morgan fingerprint density at radius 3 is 2.87 bits per heavy atom. The molecular formula is C17H22N4O2. The molecule has 1 aliphatic heterocycles. The van der Waals surface area contributed by atoms with E-state index in [2.05, 4.69) is 34.3 Å². The van der Waals surface area contributed by atoms with Crippen molar-refractivity contribution in [3.63, 3.8) is 0 Å². The van der Waals surface area contributed by atoms with Gasteiger partial charge in [-0.15, -0.1) is 0 Å². The van der Waals surface area contributed by atoms with E-state index >= 15 is 0 Å². The van der Waals surface area contributed by atoms with E-state index in [9.17, 15) is 4.79 Å². The number of aromatic nitrogens is 2. The summed E-state index contributed by atoms with van der Waals surface area (Å²) >= 11 is 0. The Kier molecular flexibility index (Phi) is 4.73. The molecule has 1 amide bonds. The quantitative estimate of drug-likeness (QED) is 0.906. The Hall–Kier alpha value is -2.18. The van der Waals surface area contributed by atoms with Crippen LogP contribution in [0, 0.1) is 0 Å². The van der Waals surface area contributed by atoms with Crippen LogP contribution in [0.25, 0.3) is 11.1 Å². The molecule has 2 heterocycles. The molecule has 1 atom stereocenters. The van der Waals surface area contributed by atoms with Crippen molar-refractivity contribution in [2.75, 3.05) is 26.3 Å². The summed E-state index contributed by atoms with van der Waals surface area (Å²) in [6.07, 6.45) is 3.64. The highest BCUT2D eigenvalue weighted by molar-refractivity contribution is 5.78. The number of morpholine rings is 1. The van der Waals surface area contributed by atoms with Gasteiger partial charge in [0.05, 0.1) is 19.4 Å². The third-order valence-corrected chi connectivity index (χ3v) is 4.18. The predicted molar refractivity (Wildman–Crippen MR) is 87.7 cm³/mol. The maximum atomic E-state index is 11.3. The Bertz CT molecular complexity index is 677. The first-order valence-electron chi connectivity index (χ1n) is 7.86. The van der Waals surface area contributed by atoms with Gasteiger partial charge in [-0.25, -0.2) is 0 Å². The number of hydrogen-bond donors (Lipinski definition) is 1. The van der Waals surface area contributed by atoms with Crippen molar-refractivity contribution in [1.82, 2.24) is 14.7 Å². The Morgan fingerprint density at radius 1 is 1.35 bits per heavy atom. The topological polar surface area (TPSA) is 73.4 Å². The zero-order valence-corrected chi connectivity index (χ0v) is 13.3. The molecule has 3 rings (SSSR count). The van der Waals surface area contributed by atoms with Crippen molar-refractivity contribution in [2.24, 2.45) is 5.73 Å². The van der Waals surface area contributed by atoms with Gasteiger partial charge in [-0.1, -0.05) is 18.2 Å². The molecular weight excluding hydrogens is 292 g/mol. The fourth-order valence-electron chi connectivity index (χ4n) is 2.70.